The number of aryl methyl sites for hydroxylation is 2. The average molecular weight is 458 g/mol. The van der Waals surface area contributed by atoms with Crippen molar-refractivity contribution in [3.05, 3.63) is 56.6 Å². The van der Waals surface area contributed by atoms with E-state index in [1.54, 1.807) is 25.4 Å². The van der Waals surface area contributed by atoms with Crippen LogP contribution < -0.4 is 10.2 Å². The number of halogens is 1. The lowest BCUT2D eigenvalue weighted by Crippen LogP contribution is -2.44. The first-order valence-electron chi connectivity index (χ1n) is 10.0. The highest BCUT2D eigenvalue weighted by molar-refractivity contribution is 7.13. The molecular formula is C21H24ClN7OS. The van der Waals surface area contributed by atoms with E-state index >= 15 is 0 Å². The van der Waals surface area contributed by atoms with Crippen molar-refractivity contribution in [2.45, 2.75) is 20.3 Å². The molecule has 1 aliphatic heterocycles. The van der Waals surface area contributed by atoms with Gasteiger partial charge in [-0.05, 0) is 27.0 Å². The molecule has 0 aromatic carbocycles. The van der Waals surface area contributed by atoms with Crippen LogP contribution in [0.2, 0.25) is 5.02 Å². The van der Waals surface area contributed by atoms with Crippen molar-refractivity contribution < 1.29 is 4.79 Å². The largest absolute Gasteiger partial charge is 0.354 e. The number of hydrogen-bond donors (Lipinski definition) is 1. The van der Waals surface area contributed by atoms with Crippen LogP contribution in [0.15, 0.2) is 24.5 Å². The van der Waals surface area contributed by atoms with E-state index < -0.39 is 0 Å². The van der Waals surface area contributed by atoms with Gasteiger partial charge in [-0.1, -0.05) is 11.6 Å². The summed E-state index contributed by atoms with van der Waals surface area (Å²) in [6.07, 6.45) is 3.75. The van der Waals surface area contributed by atoms with Crippen LogP contribution in [-0.4, -0.2) is 64.0 Å². The van der Waals surface area contributed by atoms with Gasteiger partial charge in [0.15, 0.2) is 0 Å². The number of thiazole rings is 1. The van der Waals surface area contributed by atoms with Gasteiger partial charge in [0.25, 0.3) is 5.91 Å². The van der Waals surface area contributed by atoms with E-state index in [0.717, 1.165) is 48.5 Å². The van der Waals surface area contributed by atoms with Gasteiger partial charge in [-0.25, -0.2) is 15.0 Å². The lowest BCUT2D eigenvalue weighted by molar-refractivity contribution is 0.103. The van der Waals surface area contributed by atoms with E-state index in [1.165, 1.54) is 11.3 Å². The van der Waals surface area contributed by atoms with E-state index in [1.807, 2.05) is 13.0 Å². The number of carbonyl (C=O) groups is 1. The molecule has 0 atom stereocenters. The Balaban J connectivity index is 1.47. The summed E-state index contributed by atoms with van der Waals surface area (Å²) in [5, 5.41) is 4.12. The second-order valence-electron chi connectivity index (χ2n) is 7.56. The van der Waals surface area contributed by atoms with Crippen LogP contribution in [0.4, 0.5) is 11.5 Å². The highest BCUT2D eigenvalue weighted by atomic mass is 35.5. The second-order valence-corrected chi connectivity index (χ2v) is 9.08. The molecule has 1 N–H and O–H groups in total. The zero-order chi connectivity index (χ0) is 22.0. The summed E-state index contributed by atoms with van der Waals surface area (Å²) in [5.41, 5.74) is 2.08. The predicted octanol–water partition coefficient (Wildman–Crippen LogP) is 3.19. The SMILES string of the molecule is Cc1nc(Cc2ncc(C(=O)Nc3c(Cl)ccnc3C)s2)cc(N2CCN(C)CC2)n1. The number of nitrogens with zero attached hydrogens (tertiary/aromatic N) is 6. The number of rotatable bonds is 5. The summed E-state index contributed by atoms with van der Waals surface area (Å²) in [5.74, 6) is 1.44. The van der Waals surface area contributed by atoms with Gasteiger partial charge in [-0.3, -0.25) is 9.78 Å². The van der Waals surface area contributed by atoms with Crippen LogP contribution in [0.3, 0.4) is 0 Å². The van der Waals surface area contributed by atoms with Crippen molar-refractivity contribution >= 4 is 40.4 Å². The summed E-state index contributed by atoms with van der Waals surface area (Å²) >= 11 is 7.53. The molecule has 0 unspecified atom stereocenters. The van der Waals surface area contributed by atoms with Gasteiger partial charge in [0.1, 0.15) is 16.5 Å². The number of carbonyl (C=O) groups excluding carboxylic acids is 1. The van der Waals surface area contributed by atoms with Crippen LogP contribution in [0, 0.1) is 13.8 Å². The third-order valence-electron chi connectivity index (χ3n) is 5.14. The molecule has 0 saturated carbocycles. The maximum absolute atomic E-state index is 12.7. The molecule has 1 fully saturated rings. The van der Waals surface area contributed by atoms with Crippen LogP contribution in [-0.2, 0) is 6.42 Å². The van der Waals surface area contributed by atoms with Crippen LogP contribution in [0.1, 0.15) is 31.9 Å². The Morgan fingerprint density at radius 3 is 2.71 bits per heavy atom. The molecule has 31 heavy (non-hydrogen) atoms. The topological polar surface area (TPSA) is 87.1 Å². The summed E-state index contributed by atoms with van der Waals surface area (Å²) in [4.78, 5) is 35.6. The zero-order valence-electron chi connectivity index (χ0n) is 17.7. The average Bonchev–Trinajstić information content (AvgIpc) is 3.19. The number of piperazine rings is 1. The van der Waals surface area contributed by atoms with Gasteiger partial charge in [0.05, 0.1) is 33.3 Å². The van der Waals surface area contributed by atoms with Crippen LogP contribution >= 0.6 is 22.9 Å². The highest BCUT2D eigenvalue weighted by Crippen LogP contribution is 2.25. The third-order valence-corrected chi connectivity index (χ3v) is 6.45. The Hall–Kier alpha value is -2.62. The van der Waals surface area contributed by atoms with Gasteiger partial charge in [0, 0.05) is 44.9 Å². The van der Waals surface area contributed by atoms with E-state index in [4.69, 9.17) is 11.6 Å². The van der Waals surface area contributed by atoms with Crippen LogP contribution in [0.5, 0.6) is 0 Å². The maximum Gasteiger partial charge on any atom is 0.267 e. The van der Waals surface area contributed by atoms with Gasteiger partial charge in [-0.2, -0.15) is 0 Å². The molecule has 1 amide bonds. The molecular weight excluding hydrogens is 434 g/mol. The number of likely N-dealkylation sites (N-methyl/N-ethyl adjacent to an activating group) is 1. The van der Waals surface area contributed by atoms with E-state index in [2.05, 4.69) is 42.1 Å². The van der Waals surface area contributed by atoms with Gasteiger partial charge in [-0.15, -0.1) is 11.3 Å². The standard InChI is InChI=1S/C21H24ClN7OS/c1-13-20(16(22)4-5-23-13)27-21(30)17-12-24-19(31-17)11-15-10-18(26-14(2)25-15)29-8-6-28(3)7-9-29/h4-5,10,12H,6-9,11H2,1-3H3,(H,27,30). The molecule has 1 aliphatic rings. The highest BCUT2D eigenvalue weighted by Gasteiger charge is 2.18. The minimum atomic E-state index is -0.251. The molecule has 4 rings (SSSR count). The van der Waals surface area contributed by atoms with Crippen LogP contribution in [0.25, 0.3) is 0 Å². The van der Waals surface area contributed by atoms with E-state index in [0.29, 0.717) is 27.7 Å². The van der Waals surface area contributed by atoms with Crippen molar-refractivity contribution in [3.63, 3.8) is 0 Å². The van der Waals surface area contributed by atoms with Crippen molar-refractivity contribution in [2.75, 3.05) is 43.4 Å². The minimum absolute atomic E-state index is 0.251. The fraction of sp³-hybridized carbons (Fsp3) is 0.381. The van der Waals surface area contributed by atoms with Gasteiger partial charge >= 0.3 is 0 Å². The Bertz CT molecular complexity index is 1070. The number of nitrogens with one attached hydrogen (secondary N) is 1. The molecule has 3 aromatic heterocycles. The number of aromatic nitrogens is 4. The number of anilines is 2. The van der Waals surface area contributed by atoms with Crippen molar-refractivity contribution in [3.8, 4) is 0 Å². The molecule has 0 bridgehead atoms. The van der Waals surface area contributed by atoms with E-state index in [9.17, 15) is 4.79 Å². The second kappa shape index (κ2) is 9.25. The zero-order valence-corrected chi connectivity index (χ0v) is 19.3. The lowest BCUT2D eigenvalue weighted by Gasteiger charge is -2.33. The Morgan fingerprint density at radius 2 is 1.97 bits per heavy atom. The predicted molar refractivity (Wildman–Crippen MR) is 123 cm³/mol. The first kappa shape index (κ1) is 21.6. The van der Waals surface area contributed by atoms with Crippen molar-refractivity contribution in [1.29, 1.82) is 0 Å². The minimum Gasteiger partial charge on any atom is -0.354 e. The molecule has 10 heteroatoms. The normalized spacial score (nSPS) is 14.6. The van der Waals surface area contributed by atoms with Gasteiger partial charge < -0.3 is 15.1 Å². The van der Waals surface area contributed by atoms with Crippen molar-refractivity contribution in [1.82, 2.24) is 24.8 Å². The number of amides is 1. The molecule has 0 spiro atoms. The Morgan fingerprint density at radius 1 is 1.19 bits per heavy atom. The molecule has 0 aliphatic carbocycles. The molecule has 162 valence electrons. The first-order chi connectivity index (χ1) is 14.9. The van der Waals surface area contributed by atoms with Gasteiger partial charge in [0.2, 0.25) is 0 Å². The summed E-state index contributed by atoms with van der Waals surface area (Å²) < 4.78 is 0. The fourth-order valence-corrected chi connectivity index (χ4v) is 4.48. The summed E-state index contributed by atoms with van der Waals surface area (Å²) in [6.45, 7) is 7.64. The smallest absolute Gasteiger partial charge is 0.267 e. The van der Waals surface area contributed by atoms with E-state index in [-0.39, 0.29) is 5.91 Å². The summed E-state index contributed by atoms with van der Waals surface area (Å²) in [6, 6.07) is 3.68. The molecule has 0 radical (unpaired) electrons. The Labute approximate surface area is 190 Å². The quantitative estimate of drug-likeness (QED) is 0.629. The fourth-order valence-electron chi connectivity index (χ4n) is 3.41. The van der Waals surface area contributed by atoms with Crippen molar-refractivity contribution in [2.24, 2.45) is 0 Å². The monoisotopic (exact) mass is 457 g/mol. The lowest BCUT2D eigenvalue weighted by atomic mass is 10.2. The third kappa shape index (κ3) is 5.17. The summed E-state index contributed by atoms with van der Waals surface area (Å²) in [7, 11) is 2.13. The number of pyridine rings is 1. The molecule has 3 aromatic rings. The molecule has 1 saturated heterocycles. The molecule has 4 heterocycles. The number of hydrogen-bond acceptors (Lipinski definition) is 8. The first-order valence-corrected chi connectivity index (χ1v) is 11.2. The Kier molecular flexibility index (Phi) is 6.45. The maximum atomic E-state index is 12.7. The molecule has 8 nitrogen and oxygen atoms in total.